The van der Waals surface area contributed by atoms with E-state index in [0.717, 1.165) is 9.35 Å². The number of piperidine rings is 1. The lowest BCUT2D eigenvalue weighted by atomic mass is 9.98. The van der Waals surface area contributed by atoms with Gasteiger partial charge in [-0.15, -0.1) is 21.5 Å². The minimum atomic E-state index is -3.43. The normalized spacial score (nSPS) is 17.2. The van der Waals surface area contributed by atoms with E-state index in [0.29, 0.717) is 41.9 Å². The molecule has 3 aromatic rings. The molecule has 132 valence electrons. The van der Waals surface area contributed by atoms with Crippen LogP contribution in [0.4, 0.5) is 0 Å². The summed E-state index contributed by atoms with van der Waals surface area (Å²) in [6.45, 7) is 0.873. The first kappa shape index (κ1) is 17.0. The van der Waals surface area contributed by atoms with Gasteiger partial charge in [-0.3, -0.25) is 0 Å². The number of aromatic nitrogens is 2. The van der Waals surface area contributed by atoms with Crippen LogP contribution in [0.25, 0.3) is 11.5 Å². The Morgan fingerprint density at radius 2 is 2.00 bits per heavy atom. The predicted molar refractivity (Wildman–Crippen MR) is 94.8 cm³/mol. The van der Waals surface area contributed by atoms with Gasteiger partial charge < -0.3 is 8.83 Å². The Kier molecular flexibility index (Phi) is 4.52. The van der Waals surface area contributed by atoms with Crippen LogP contribution in [0.3, 0.4) is 0 Å². The van der Waals surface area contributed by atoms with E-state index in [1.807, 2.05) is 0 Å². The molecule has 10 heteroatoms. The quantitative estimate of drug-likeness (QED) is 0.610. The topological polar surface area (TPSA) is 89.4 Å². The highest BCUT2D eigenvalue weighted by Crippen LogP contribution is 2.34. The summed E-state index contributed by atoms with van der Waals surface area (Å²) in [5.74, 6) is 1.03. The van der Waals surface area contributed by atoms with Crippen molar-refractivity contribution in [2.45, 2.75) is 23.0 Å². The second-order valence-corrected chi connectivity index (χ2v) is 10.3. The van der Waals surface area contributed by atoms with Crippen molar-refractivity contribution in [3.05, 3.63) is 40.4 Å². The molecule has 7 nitrogen and oxygen atoms in total. The highest BCUT2D eigenvalue weighted by atomic mass is 79.9. The zero-order valence-corrected chi connectivity index (χ0v) is 16.2. The molecule has 0 spiro atoms. The van der Waals surface area contributed by atoms with Crippen molar-refractivity contribution in [2.24, 2.45) is 0 Å². The summed E-state index contributed by atoms with van der Waals surface area (Å²) in [5.41, 5.74) is 0.738. The fourth-order valence-corrected chi connectivity index (χ4v) is 6.44. The van der Waals surface area contributed by atoms with E-state index in [1.165, 1.54) is 15.6 Å². The largest absolute Gasteiger partial charge is 0.472 e. The number of furan rings is 1. The molecule has 0 radical (unpaired) electrons. The Hall–Kier alpha value is -1.49. The van der Waals surface area contributed by atoms with Crippen LogP contribution in [0, 0.1) is 0 Å². The van der Waals surface area contributed by atoms with Crippen molar-refractivity contribution in [2.75, 3.05) is 13.1 Å². The molecule has 3 aromatic heterocycles. The molecular formula is C15H14BrN3O4S2. The van der Waals surface area contributed by atoms with Gasteiger partial charge in [-0.05, 0) is 47.0 Å². The predicted octanol–water partition coefficient (Wildman–Crippen LogP) is 3.72. The zero-order chi connectivity index (χ0) is 17.4. The summed E-state index contributed by atoms with van der Waals surface area (Å²) in [5, 5.41) is 8.15. The highest BCUT2D eigenvalue weighted by Gasteiger charge is 2.32. The van der Waals surface area contributed by atoms with Gasteiger partial charge in [0.15, 0.2) is 0 Å². The molecule has 0 N–H and O–H groups in total. The van der Waals surface area contributed by atoms with Gasteiger partial charge in [0.05, 0.1) is 15.6 Å². The fourth-order valence-electron chi connectivity index (χ4n) is 2.81. The number of rotatable bonds is 4. The molecule has 1 saturated heterocycles. The third kappa shape index (κ3) is 3.31. The van der Waals surface area contributed by atoms with Gasteiger partial charge in [-0.25, -0.2) is 8.42 Å². The number of sulfonamides is 1. The van der Waals surface area contributed by atoms with Crippen molar-refractivity contribution >= 4 is 37.3 Å². The lowest BCUT2D eigenvalue weighted by molar-refractivity contribution is 0.292. The molecule has 4 rings (SSSR count). The summed E-state index contributed by atoms with van der Waals surface area (Å²) in [7, 11) is -3.43. The Bertz CT molecular complexity index is 957. The van der Waals surface area contributed by atoms with E-state index in [2.05, 4.69) is 26.1 Å². The maximum Gasteiger partial charge on any atom is 0.252 e. The summed E-state index contributed by atoms with van der Waals surface area (Å²) in [4.78, 5) is 0. The smallest absolute Gasteiger partial charge is 0.252 e. The number of thiophene rings is 1. The molecule has 1 aliphatic heterocycles. The van der Waals surface area contributed by atoms with Gasteiger partial charge >= 0.3 is 0 Å². The van der Waals surface area contributed by atoms with Crippen LogP contribution in [0.1, 0.15) is 24.7 Å². The fraction of sp³-hybridized carbons (Fsp3) is 0.333. The average Bonchev–Trinajstić information content (AvgIpc) is 3.35. The van der Waals surface area contributed by atoms with E-state index >= 15 is 0 Å². The molecule has 25 heavy (non-hydrogen) atoms. The lowest BCUT2D eigenvalue weighted by Crippen LogP contribution is -2.37. The number of hydrogen-bond donors (Lipinski definition) is 0. The van der Waals surface area contributed by atoms with Crippen LogP contribution in [0.5, 0.6) is 0 Å². The lowest BCUT2D eigenvalue weighted by Gasteiger charge is -2.29. The van der Waals surface area contributed by atoms with E-state index in [4.69, 9.17) is 8.83 Å². The van der Waals surface area contributed by atoms with Crippen molar-refractivity contribution in [3.8, 4) is 11.5 Å². The van der Waals surface area contributed by atoms with Crippen molar-refractivity contribution in [3.63, 3.8) is 0 Å². The zero-order valence-electron chi connectivity index (χ0n) is 13.0. The minimum absolute atomic E-state index is 0.0645. The van der Waals surface area contributed by atoms with Gasteiger partial charge in [0.2, 0.25) is 5.89 Å². The molecule has 1 fully saturated rings. The SMILES string of the molecule is O=S(=O)(c1ccc(Br)s1)N1CCC(c2nnc(-c3ccoc3)o2)CC1. The highest BCUT2D eigenvalue weighted by molar-refractivity contribution is 9.11. The van der Waals surface area contributed by atoms with E-state index < -0.39 is 10.0 Å². The molecule has 0 unspecified atom stereocenters. The first-order chi connectivity index (χ1) is 12.0. The van der Waals surface area contributed by atoms with Crippen LogP contribution in [-0.2, 0) is 10.0 Å². The van der Waals surface area contributed by atoms with E-state index in [-0.39, 0.29) is 5.92 Å². The van der Waals surface area contributed by atoms with Gasteiger partial charge in [0.25, 0.3) is 15.9 Å². The van der Waals surface area contributed by atoms with Crippen LogP contribution < -0.4 is 0 Å². The Morgan fingerprint density at radius 3 is 2.64 bits per heavy atom. The molecule has 0 saturated carbocycles. The third-order valence-corrected chi connectivity index (χ3v) is 8.14. The molecule has 0 aromatic carbocycles. The first-order valence-corrected chi connectivity index (χ1v) is 10.7. The standard InChI is InChI=1S/C15H14BrN3O4S2/c16-12-1-2-13(24-12)25(20,21)19-6-3-10(4-7-19)14-17-18-15(23-14)11-5-8-22-9-11/h1-2,5,8-10H,3-4,6-7H2. The summed E-state index contributed by atoms with van der Waals surface area (Å²) < 4.78 is 38.7. The molecule has 0 aliphatic carbocycles. The number of hydrogen-bond acceptors (Lipinski definition) is 7. The summed E-state index contributed by atoms with van der Waals surface area (Å²) in [6.07, 6.45) is 4.40. The Labute approximate surface area is 156 Å². The number of nitrogens with zero attached hydrogens (tertiary/aromatic N) is 3. The Morgan fingerprint density at radius 1 is 1.20 bits per heavy atom. The second-order valence-electron chi connectivity index (χ2n) is 5.69. The summed E-state index contributed by atoms with van der Waals surface area (Å²) >= 11 is 4.53. The minimum Gasteiger partial charge on any atom is -0.472 e. The molecule has 1 aliphatic rings. The van der Waals surface area contributed by atoms with Gasteiger partial charge in [-0.2, -0.15) is 4.31 Å². The van der Waals surface area contributed by atoms with Gasteiger partial charge in [-0.1, -0.05) is 0 Å². The molecular weight excluding hydrogens is 430 g/mol. The average molecular weight is 444 g/mol. The second kappa shape index (κ2) is 6.67. The van der Waals surface area contributed by atoms with Crippen LogP contribution >= 0.6 is 27.3 Å². The monoisotopic (exact) mass is 443 g/mol. The molecule has 4 heterocycles. The van der Waals surface area contributed by atoms with Gasteiger partial charge in [0, 0.05) is 19.0 Å². The van der Waals surface area contributed by atoms with Crippen molar-refractivity contribution < 1.29 is 17.3 Å². The Balaban J connectivity index is 1.45. The van der Waals surface area contributed by atoms with E-state index in [1.54, 1.807) is 30.7 Å². The number of halogens is 1. The van der Waals surface area contributed by atoms with Gasteiger partial charge in [0.1, 0.15) is 10.5 Å². The summed E-state index contributed by atoms with van der Waals surface area (Å²) in [6, 6.07) is 5.14. The molecule has 0 atom stereocenters. The molecule has 0 amide bonds. The maximum atomic E-state index is 12.7. The van der Waals surface area contributed by atoms with E-state index in [9.17, 15) is 8.42 Å². The van der Waals surface area contributed by atoms with Crippen LogP contribution in [-0.4, -0.2) is 36.0 Å². The third-order valence-electron chi connectivity index (χ3n) is 4.15. The van der Waals surface area contributed by atoms with Crippen molar-refractivity contribution in [1.82, 2.24) is 14.5 Å². The van der Waals surface area contributed by atoms with Crippen LogP contribution in [0.2, 0.25) is 0 Å². The maximum absolute atomic E-state index is 12.7. The van der Waals surface area contributed by atoms with Crippen LogP contribution in [0.15, 0.2) is 47.6 Å². The van der Waals surface area contributed by atoms with Crippen molar-refractivity contribution in [1.29, 1.82) is 0 Å². The molecule has 0 bridgehead atoms. The first-order valence-electron chi connectivity index (χ1n) is 7.65.